The SMILES string of the molecule is O=c1c2c(-c3ccc(Cl)cc3)cc(-c3ccccc3)nc2n(-c2ccccc2)c(=S)n1-c1ccccc1. The van der Waals surface area contributed by atoms with Gasteiger partial charge < -0.3 is 0 Å². The predicted molar refractivity (Wildman–Crippen MR) is 153 cm³/mol. The zero-order valence-electron chi connectivity index (χ0n) is 19.6. The summed E-state index contributed by atoms with van der Waals surface area (Å²) in [4.78, 5) is 19.3. The predicted octanol–water partition coefficient (Wildman–Crippen LogP) is 7.89. The average molecular weight is 518 g/mol. The molecule has 0 aliphatic rings. The number of benzene rings is 4. The molecule has 0 aliphatic heterocycles. The monoisotopic (exact) mass is 517 g/mol. The van der Waals surface area contributed by atoms with Crippen LogP contribution in [-0.4, -0.2) is 14.1 Å². The van der Waals surface area contributed by atoms with Crippen molar-refractivity contribution in [2.45, 2.75) is 0 Å². The third kappa shape index (κ3) is 4.18. The van der Waals surface area contributed by atoms with Crippen LogP contribution in [0.2, 0.25) is 5.02 Å². The molecule has 37 heavy (non-hydrogen) atoms. The molecule has 0 aliphatic carbocycles. The van der Waals surface area contributed by atoms with Crippen LogP contribution in [0.25, 0.3) is 44.8 Å². The second kappa shape index (κ2) is 9.62. The van der Waals surface area contributed by atoms with Crippen molar-refractivity contribution in [3.8, 4) is 33.8 Å². The van der Waals surface area contributed by atoms with Crippen molar-refractivity contribution in [3.63, 3.8) is 0 Å². The lowest BCUT2D eigenvalue weighted by atomic mass is 10.00. The number of aromatic nitrogens is 3. The molecular formula is C31H20ClN3OS. The molecule has 4 aromatic carbocycles. The van der Waals surface area contributed by atoms with Gasteiger partial charge in [-0.25, -0.2) is 4.98 Å². The second-order valence-electron chi connectivity index (χ2n) is 8.56. The van der Waals surface area contributed by atoms with Gasteiger partial charge in [0.05, 0.1) is 16.8 Å². The van der Waals surface area contributed by atoms with Crippen molar-refractivity contribution < 1.29 is 0 Å². The van der Waals surface area contributed by atoms with Crippen molar-refractivity contribution in [3.05, 3.63) is 141 Å². The van der Waals surface area contributed by atoms with Gasteiger partial charge in [0, 0.05) is 21.8 Å². The molecule has 0 bridgehead atoms. The summed E-state index contributed by atoms with van der Waals surface area (Å²) in [6, 6.07) is 38.6. The van der Waals surface area contributed by atoms with E-state index < -0.39 is 0 Å². The third-order valence-electron chi connectivity index (χ3n) is 6.27. The molecule has 0 atom stereocenters. The first kappa shape index (κ1) is 23.1. The van der Waals surface area contributed by atoms with E-state index in [1.165, 1.54) is 0 Å². The van der Waals surface area contributed by atoms with E-state index in [0.29, 0.717) is 26.5 Å². The van der Waals surface area contributed by atoms with Gasteiger partial charge in [0.25, 0.3) is 5.56 Å². The second-order valence-corrected chi connectivity index (χ2v) is 9.36. The van der Waals surface area contributed by atoms with E-state index in [9.17, 15) is 4.79 Å². The number of pyridine rings is 1. The maximum absolute atomic E-state index is 14.3. The number of para-hydroxylation sites is 2. The highest BCUT2D eigenvalue weighted by Gasteiger charge is 2.20. The fourth-order valence-electron chi connectivity index (χ4n) is 4.52. The van der Waals surface area contributed by atoms with Crippen LogP contribution >= 0.6 is 23.8 Å². The average Bonchev–Trinajstić information content (AvgIpc) is 2.94. The van der Waals surface area contributed by atoms with Crippen LogP contribution in [0, 0.1) is 4.77 Å². The Morgan fingerprint density at radius 1 is 0.649 bits per heavy atom. The van der Waals surface area contributed by atoms with E-state index in [0.717, 1.165) is 28.1 Å². The Kier molecular flexibility index (Phi) is 6.01. The van der Waals surface area contributed by atoms with Crippen molar-refractivity contribution in [2.24, 2.45) is 0 Å². The number of fused-ring (bicyclic) bond motifs is 1. The summed E-state index contributed by atoms with van der Waals surface area (Å²) >= 11 is 12.2. The standard InChI is InChI=1S/C31H20ClN3OS/c32-23-18-16-21(17-19-23)26-20-27(22-10-4-1-5-11-22)33-29-28(26)30(36)35(25-14-8-3-9-15-25)31(37)34(29)24-12-6-2-7-13-24/h1-20H. The van der Waals surface area contributed by atoms with Gasteiger partial charge in [-0.2, -0.15) is 0 Å². The first-order valence-corrected chi connectivity index (χ1v) is 12.6. The van der Waals surface area contributed by atoms with Crippen molar-refractivity contribution in [2.75, 3.05) is 0 Å². The van der Waals surface area contributed by atoms with Crippen LogP contribution in [0.15, 0.2) is 126 Å². The molecule has 0 fully saturated rings. The molecule has 6 rings (SSSR count). The first-order valence-electron chi connectivity index (χ1n) is 11.8. The Morgan fingerprint density at radius 3 is 1.78 bits per heavy atom. The van der Waals surface area contributed by atoms with Crippen LogP contribution in [0.1, 0.15) is 0 Å². The molecule has 0 spiro atoms. The quantitative estimate of drug-likeness (QED) is 0.223. The largest absolute Gasteiger partial charge is 0.270 e. The Morgan fingerprint density at radius 2 is 1.19 bits per heavy atom. The summed E-state index contributed by atoms with van der Waals surface area (Å²) in [5, 5.41) is 1.10. The Labute approximate surface area is 223 Å². The highest BCUT2D eigenvalue weighted by molar-refractivity contribution is 7.71. The fraction of sp³-hybridized carbons (Fsp3) is 0. The lowest BCUT2D eigenvalue weighted by Crippen LogP contribution is -2.25. The van der Waals surface area contributed by atoms with Crippen molar-refractivity contribution in [1.29, 1.82) is 0 Å². The van der Waals surface area contributed by atoms with E-state index in [2.05, 4.69) is 0 Å². The smallest absolute Gasteiger partial charge is 0.269 e. The minimum absolute atomic E-state index is 0.226. The van der Waals surface area contributed by atoms with Gasteiger partial charge in [-0.1, -0.05) is 90.5 Å². The van der Waals surface area contributed by atoms with E-state index >= 15 is 0 Å². The molecule has 2 heterocycles. The minimum Gasteiger partial charge on any atom is -0.270 e. The number of nitrogens with zero attached hydrogens (tertiary/aromatic N) is 3. The minimum atomic E-state index is -0.226. The van der Waals surface area contributed by atoms with E-state index in [1.54, 1.807) is 4.57 Å². The molecular weight excluding hydrogens is 498 g/mol. The summed E-state index contributed by atoms with van der Waals surface area (Å²) in [5.74, 6) is 0. The maximum atomic E-state index is 14.3. The zero-order valence-corrected chi connectivity index (χ0v) is 21.2. The third-order valence-corrected chi connectivity index (χ3v) is 6.88. The Balaban J connectivity index is 1.83. The molecule has 6 aromatic rings. The van der Waals surface area contributed by atoms with Crippen molar-refractivity contribution >= 4 is 34.9 Å². The van der Waals surface area contributed by atoms with Crippen LogP contribution in [-0.2, 0) is 0 Å². The van der Waals surface area contributed by atoms with Gasteiger partial charge >= 0.3 is 0 Å². The molecule has 0 saturated carbocycles. The lowest BCUT2D eigenvalue weighted by Gasteiger charge is -2.18. The summed E-state index contributed by atoms with van der Waals surface area (Å²) in [6.45, 7) is 0. The molecule has 4 nitrogen and oxygen atoms in total. The van der Waals surface area contributed by atoms with Gasteiger partial charge in [0.1, 0.15) is 0 Å². The van der Waals surface area contributed by atoms with Gasteiger partial charge in [-0.15, -0.1) is 0 Å². The van der Waals surface area contributed by atoms with Gasteiger partial charge in [-0.05, 0) is 60.2 Å². The van der Waals surface area contributed by atoms with Gasteiger partial charge in [0.2, 0.25) is 0 Å². The van der Waals surface area contributed by atoms with Crippen LogP contribution in [0.5, 0.6) is 0 Å². The molecule has 2 aromatic heterocycles. The van der Waals surface area contributed by atoms with Crippen LogP contribution in [0.3, 0.4) is 0 Å². The molecule has 0 amide bonds. The normalized spacial score (nSPS) is 11.1. The molecule has 0 N–H and O–H groups in total. The van der Waals surface area contributed by atoms with E-state index in [4.69, 9.17) is 28.8 Å². The maximum Gasteiger partial charge on any atom is 0.269 e. The highest BCUT2D eigenvalue weighted by atomic mass is 35.5. The molecule has 0 saturated heterocycles. The topological polar surface area (TPSA) is 39.8 Å². The number of hydrogen-bond acceptors (Lipinski definition) is 3. The summed E-state index contributed by atoms with van der Waals surface area (Å²) in [6.07, 6.45) is 0. The number of halogens is 1. The fourth-order valence-corrected chi connectivity index (χ4v) is 5.03. The van der Waals surface area contributed by atoms with Crippen LogP contribution < -0.4 is 5.56 Å². The molecule has 178 valence electrons. The number of hydrogen-bond donors (Lipinski definition) is 0. The highest BCUT2D eigenvalue weighted by Crippen LogP contribution is 2.32. The van der Waals surface area contributed by atoms with Crippen LogP contribution in [0.4, 0.5) is 0 Å². The summed E-state index contributed by atoms with van der Waals surface area (Å²) < 4.78 is 3.80. The van der Waals surface area contributed by atoms with Crippen molar-refractivity contribution in [1.82, 2.24) is 14.1 Å². The first-order chi connectivity index (χ1) is 18.1. The van der Waals surface area contributed by atoms with Gasteiger partial charge in [-0.3, -0.25) is 13.9 Å². The van der Waals surface area contributed by atoms with E-state index in [-0.39, 0.29) is 5.56 Å². The van der Waals surface area contributed by atoms with E-state index in [1.807, 2.05) is 126 Å². The molecule has 0 unspecified atom stereocenters. The zero-order chi connectivity index (χ0) is 25.4. The lowest BCUT2D eigenvalue weighted by molar-refractivity contribution is 0.866. The Hall–Kier alpha value is -4.32. The summed E-state index contributed by atoms with van der Waals surface area (Å²) in [7, 11) is 0. The molecule has 6 heteroatoms. The Bertz CT molecular complexity index is 1850. The molecule has 0 radical (unpaired) electrons. The summed E-state index contributed by atoms with van der Waals surface area (Å²) in [5.41, 5.74) is 5.10. The number of rotatable bonds is 4. The van der Waals surface area contributed by atoms with Gasteiger partial charge in [0.15, 0.2) is 10.4 Å².